The number of rotatable bonds is 5. The summed E-state index contributed by atoms with van der Waals surface area (Å²) in [6.07, 6.45) is 6.08. The first kappa shape index (κ1) is 16.8. The number of hydrogen-bond donors (Lipinski definition) is 1. The zero-order chi connectivity index (χ0) is 15.6. The van der Waals surface area contributed by atoms with Crippen molar-refractivity contribution in [2.75, 3.05) is 6.61 Å². The van der Waals surface area contributed by atoms with E-state index in [0.717, 1.165) is 25.0 Å². The van der Waals surface area contributed by atoms with Crippen LogP contribution < -0.4 is 5.73 Å². The van der Waals surface area contributed by atoms with Gasteiger partial charge in [-0.15, -0.1) is 0 Å². The molecule has 0 bridgehead atoms. The van der Waals surface area contributed by atoms with Crippen molar-refractivity contribution in [1.82, 2.24) is 9.78 Å². The highest BCUT2D eigenvalue weighted by Crippen LogP contribution is 2.44. The van der Waals surface area contributed by atoms with E-state index < -0.39 is 0 Å². The van der Waals surface area contributed by atoms with Crippen LogP contribution >= 0.6 is 11.6 Å². The van der Waals surface area contributed by atoms with Gasteiger partial charge < -0.3 is 10.5 Å². The summed E-state index contributed by atoms with van der Waals surface area (Å²) in [7, 11) is 0. The third kappa shape index (κ3) is 3.27. The van der Waals surface area contributed by atoms with E-state index in [2.05, 4.69) is 25.9 Å². The Morgan fingerprint density at radius 3 is 2.86 bits per heavy atom. The number of hydrogen-bond acceptors (Lipinski definition) is 3. The van der Waals surface area contributed by atoms with Crippen LogP contribution in [0, 0.1) is 5.92 Å². The Morgan fingerprint density at radius 2 is 2.29 bits per heavy atom. The van der Waals surface area contributed by atoms with Gasteiger partial charge in [0.05, 0.1) is 28.6 Å². The van der Waals surface area contributed by atoms with Crippen molar-refractivity contribution < 1.29 is 4.74 Å². The van der Waals surface area contributed by atoms with E-state index in [9.17, 15) is 0 Å². The lowest BCUT2D eigenvalue weighted by atomic mass is 9.74. The predicted octanol–water partition coefficient (Wildman–Crippen LogP) is 4.10. The van der Waals surface area contributed by atoms with Crippen molar-refractivity contribution >= 4 is 11.6 Å². The van der Waals surface area contributed by atoms with Crippen LogP contribution in [0.25, 0.3) is 0 Å². The summed E-state index contributed by atoms with van der Waals surface area (Å²) in [4.78, 5) is 0. The van der Waals surface area contributed by atoms with Crippen LogP contribution in [0.4, 0.5) is 0 Å². The van der Waals surface area contributed by atoms with Gasteiger partial charge in [-0.3, -0.25) is 4.68 Å². The summed E-state index contributed by atoms with van der Waals surface area (Å²) < 4.78 is 8.13. The van der Waals surface area contributed by atoms with Crippen LogP contribution in [0.3, 0.4) is 0 Å². The Morgan fingerprint density at radius 1 is 1.57 bits per heavy atom. The maximum absolute atomic E-state index is 6.67. The molecule has 1 aliphatic carbocycles. The van der Waals surface area contributed by atoms with Crippen molar-refractivity contribution in [2.45, 2.75) is 71.1 Å². The second-order valence-corrected chi connectivity index (χ2v) is 7.00. The number of nitrogens with zero attached hydrogens (tertiary/aromatic N) is 2. The molecule has 4 nitrogen and oxygen atoms in total. The lowest BCUT2D eigenvalue weighted by Gasteiger charge is -2.44. The van der Waals surface area contributed by atoms with E-state index in [1.807, 2.05) is 11.6 Å². The van der Waals surface area contributed by atoms with E-state index in [1.165, 1.54) is 6.42 Å². The largest absolute Gasteiger partial charge is 0.373 e. The second kappa shape index (κ2) is 6.67. The number of nitrogens with two attached hydrogens (primary N) is 1. The fourth-order valence-electron chi connectivity index (χ4n) is 3.64. The zero-order valence-electron chi connectivity index (χ0n) is 13.6. The first-order valence-electron chi connectivity index (χ1n) is 8.03. The lowest BCUT2D eigenvalue weighted by Crippen LogP contribution is -2.48. The molecule has 1 aromatic rings. The van der Waals surface area contributed by atoms with Gasteiger partial charge >= 0.3 is 0 Å². The Bertz CT molecular complexity index is 470. The van der Waals surface area contributed by atoms with Gasteiger partial charge in [0, 0.05) is 12.6 Å². The van der Waals surface area contributed by atoms with Crippen LogP contribution in [0.5, 0.6) is 0 Å². The molecule has 0 amide bonds. The van der Waals surface area contributed by atoms with Crippen LogP contribution in [-0.4, -0.2) is 22.0 Å². The van der Waals surface area contributed by atoms with Crippen LogP contribution in [0.2, 0.25) is 5.02 Å². The van der Waals surface area contributed by atoms with Crippen molar-refractivity contribution in [3.05, 3.63) is 16.9 Å². The third-order valence-corrected chi connectivity index (χ3v) is 4.85. The summed E-state index contributed by atoms with van der Waals surface area (Å²) in [6.45, 7) is 9.18. The molecule has 1 heterocycles. The standard InChI is InChI=1S/C16H28ClN3O/c1-5-21-16(8-6-7-12(4)9-16)15(18)14-13(17)10-19-20(14)11(2)3/h10-12,15H,5-9,18H2,1-4H3. The summed E-state index contributed by atoms with van der Waals surface area (Å²) in [5.74, 6) is 0.630. The molecule has 1 saturated carbocycles. The van der Waals surface area contributed by atoms with Crippen molar-refractivity contribution in [2.24, 2.45) is 11.7 Å². The molecule has 3 atom stereocenters. The molecule has 0 aromatic carbocycles. The van der Waals surface area contributed by atoms with Gasteiger partial charge in [-0.2, -0.15) is 5.10 Å². The third-order valence-electron chi connectivity index (χ3n) is 4.56. The fourth-order valence-corrected chi connectivity index (χ4v) is 3.88. The maximum atomic E-state index is 6.67. The summed E-state index contributed by atoms with van der Waals surface area (Å²) >= 11 is 6.38. The molecule has 21 heavy (non-hydrogen) atoms. The van der Waals surface area contributed by atoms with E-state index in [-0.39, 0.29) is 17.7 Å². The molecule has 0 spiro atoms. The highest BCUT2D eigenvalue weighted by molar-refractivity contribution is 6.31. The van der Waals surface area contributed by atoms with Gasteiger partial charge in [0.2, 0.25) is 0 Å². The smallest absolute Gasteiger partial charge is 0.0892 e. The van der Waals surface area contributed by atoms with E-state index in [4.69, 9.17) is 22.1 Å². The van der Waals surface area contributed by atoms with Crippen molar-refractivity contribution in [3.63, 3.8) is 0 Å². The monoisotopic (exact) mass is 313 g/mol. The van der Waals surface area contributed by atoms with E-state index in [1.54, 1.807) is 6.20 Å². The molecule has 0 radical (unpaired) electrons. The topological polar surface area (TPSA) is 53.1 Å². The number of aromatic nitrogens is 2. The second-order valence-electron chi connectivity index (χ2n) is 6.59. The molecule has 2 rings (SSSR count). The van der Waals surface area contributed by atoms with Gasteiger partial charge in [0.25, 0.3) is 0 Å². The molecule has 0 aliphatic heterocycles. The molecule has 5 heteroatoms. The summed E-state index contributed by atoms with van der Waals surface area (Å²) in [6, 6.07) is -0.00385. The average molecular weight is 314 g/mol. The predicted molar refractivity (Wildman–Crippen MR) is 86.5 cm³/mol. The molecule has 1 aromatic heterocycles. The van der Waals surface area contributed by atoms with E-state index >= 15 is 0 Å². The molecule has 1 aliphatic rings. The highest BCUT2D eigenvalue weighted by Gasteiger charge is 2.44. The zero-order valence-corrected chi connectivity index (χ0v) is 14.4. The number of ether oxygens (including phenoxy) is 1. The van der Waals surface area contributed by atoms with Crippen LogP contribution in [0.1, 0.15) is 71.2 Å². The van der Waals surface area contributed by atoms with Crippen molar-refractivity contribution in [3.8, 4) is 0 Å². The Balaban J connectivity index is 2.39. The van der Waals surface area contributed by atoms with Crippen LogP contribution in [-0.2, 0) is 4.74 Å². The molecule has 120 valence electrons. The average Bonchev–Trinajstić information content (AvgIpc) is 2.80. The Labute approximate surface area is 133 Å². The van der Waals surface area contributed by atoms with Crippen molar-refractivity contribution in [1.29, 1.82) is 0 Å². The first-order valence-corrected chi connectivity index (χ1v) is 8.41. The minimum atomic E-state index is -0.317. The summed E-state index contributed by atoms with van der Waals surface area (Å²) in [5, 5.41) is 5.04. The Kier molecular flexibility index (Phi) is 5.33. The van der Waals surface area contributed by atoms with Gasteiger partial charge in [0.1, 0.15) is 0 Å². The quantitative estimate of drug-likeness (QED) is 0.890. The molecular weight excluding hydrogens is 286 g/mol. The van der Waals surface area contributed by atoms with Gasteiger partial charge in [-0.1, -0.05) is 31.4 Å². The lowest BCUT2D eigenvalue weighted by molar-refractivity contribution is -0.0954. The maximum Gasteiger partial charge on any atom is 0.0892 e. The van der Waals surface area contributed by atoms with Crippen LogP contribution in [0.15, 0.2) is 6.20 Å². The molecule has 1 fully saturated rings. The molecule has 2 N–H and O–H groups in total. The van der Waals surface area contributed by atoms with E-state index in [0.29, 0.717) is 17.5 Å². The van der Waals surface area contributed by atoms with Gasteiger partial charge in [0.15, 0.2) is 0 Å². The fraction of sp³-hybridized carbons (Fsp3) is 0.812. The Hall–Kier alpha value is -0.580. The first-order chi connectivity index (χ1) is 9.91. The summed E-state index contributed by atoms with van der Waals surface area (Å²) in [5.41, 5.74) is 7.26. The SMILES string of the molecule is CCOC1(C(N)c2c(Cl)cnn2C(C)C)CCCC(C)C1. The number of halogens is 1. The van der Waals surface area contributed by atoms with Gasteiger partial charge in [-0.25, -0.2) is 0 Å². The molecular formula is C16H28ClN3O. The molecule has 0 saturated heterocycles. The minimum Gasteiger partial charge on any atom is -0.373 e. The highest BCUT2D eigenvalue weighted by atomic mass is 35.5. The normalized spacial score (nSPS) is 28.0. The minimum absolute atomic E-state index is 0.234. The van der Waals surface area contributed by atoms with Gasteiger partial charge in [-0.05, 0) is 39.5 Å². The molecule has 3 unspecified atom stereocenters.